The van der Waals surface area contributed by atoms with Gasteiger partial charge in [0.15, 0.2) is 0 Å². The highest BCUT2D eigenvalue weighted by atomic mass is 35.5. The molecule has 0 bridgehead atoms. The second-order valence-electron chi connectivity index (χ2n) is 6.81. The molecule has 0 aliphatic carbocycles. The van der Waals surface area contributed by atoms with Gasteiger partial charge in [0.2, 0.25) is 15.9 Å². The molecule has 31 heavy (non-hydrogen) atoms. The molecule has 1 amide bonds. The Labute approximate surface area is 184 Å². The molecule has 0 saturated carbocycles. The molecular weight excluding hydrogens is 443 g/mol. The lowest BCUT2D eigenvalue weighted by molar-refractivity contribution is -0.111. The van der Waals surface area contributed by atoms with Gasteiger partial charge in [-0.05, 0) is 61.5 Å². The van der Waals surface area contributed by atoms with E-state index in [4.69, 9.17) is 11.6 Å². The summed E-state index contributed by atoms with van der Waals surface area (Å²) in [6.45, 7) is 1.74. The molecule has 0 unspecified atom stereocenters. The molecule has 7 nitrogen and oxygen atoms in total. The fraction of sp³-hybridized carbons (Fsp3) is 0.143. The van der Waals surface area contributed by atoms with E-state index in [1.807, 2.05) is 0 Å². The maximum atomic E-state index is 13.1. The van der Waals surface area contributed by atoms with Crippen molar-refractivity contribution in [2.24, 2.45) is 0 Å². The van der Waals surface area contributed by atoms with E-state index in [0.29, 0.717) is 22.6 Å². The van der Waals surface area contributed by atoms with Gasteiger partial charge in [-0.2, -0.15) is 5.10 Å². The van der Waals surface area contributed by atoms with E-state index in [-0.39, 0.29) is 15.9 Å². The van der Waals surface area contributed by atoms with E-state index < -0.39 is 15.9 Å². The van der Waals surface area contributed by atoms with E-state index >= 15 is 0 Å². The van der Waals surface area contributed by atoms with Crippen molar-refractivity contribution in [1.82, 2.24) is 14.1 Å². The quantitative estimate of drug-likeness (QED) is 0.563. The van der Waals surface area contributed by atoms with Gasteiger partial charge in [0.1, 0.15) is 11.0 Å². The van der Waals surface area contributed by atoms with Crippen molar-refractivity contribution in [3.05, 3.63) is 76.8 Å². The molecule has 0 spiro atoms. The number of sulfonamides is 1. The summed E-state index contributed by atoms with van der Waals surface area (Å²) in [5.74, 6) is -0.791. The summed E-state index contributed by atoms with van der Waals surface area (Å²) < 4.78 is 39.9. The standard InChI is InChI=1S/C21H20ClFN4O3S/c1-14-19(21(22)27(25-14)17-8-4-15(23)5-9-17)12-13-20(28)24-16-6-10-18(11-7-16)31(29,30)26(2)3/h4-13H,1-3H3,(H,24,28)/b13-12+. The number of nitrogens with zero attached hydrogens (tertiary/aromatic N) is 3. The number of rotatable bonds is 6. The van der Waals surface area contributed by atoms with Gasteiger partial charge in [0.05, 0.1) is 16.3 Å². The highest BCUT2D eigenvalue weighted by Gasteiger charge is 2.17. The molecule has 0 saturated heterocycles. The van der Waals surface area contributed by atoms with Crippen LogP contribution in [0.4, 0.5) is 10.1 Å². The number of aromatic nitrogens is 2. The number of carbonyl (C=O) groups excluding carboxylic acids is 1. The summed E-state index contributed by atoms with van der Waals surface area (Å²) in [7, 11) is -0.648. The van der Waals surface area contributed by atoms with Crippen LogP contribution in [-0.2, 0) is 14.8 Å². The number of halogens is 2. The van der Waals surface area contributed by atoms with Crippen LogP contribution in [0.2, 0.25) is 5.15 Å². The molecule has 1 N–H and O–H groups in total. The van der Waals surface area contributed by atoms with E-state index in [1.165, 1.54) is 67.3 Å². The predicted molar refractivity (Wildman–Crippen MR) is 118 cm³/mol. The first-order valence-corrected chi connectivity index (χ1v) is 10.9. The molecule has 0 radical (unpaired) electrons. The van der Waals surface area contributed by atoms with Crippen LogP contribution in [0.3, 0.4) is 0 Å². The molecule has 1 heterocycles. The van der Waals surface area contributed by atoms with Crippen LogP contribution in [0.25, 0.3) is 11.8 Å². The van der Waals surface area contributed by atoms with Crippen molar-refractivity contribution in [1.29, 1.82) is 0 Å². The Hall–Kier alpha value is -3.01. The third-order valence-electron chi connectivity index (χ3n) is 4.42. The van der Waals surface area contributed by atoms with Gasteiger partial charge >= 0.3 is 0 Å². The number of benzene rings is 2. The zero-order chi connectivity index (χ0) is 22.8. The summed E-state index contributed by atoms with van der Waals surface area (Å²) in [5, 5.41) is 7.28. The molecule has 2 aromatic carbocycles. The monoisotopic (exact) mass is 462 g/mol. The summed E-state index contributed by atoms with van der Waals surface area (Å²) >= 11 is 6.40. The fourth-order valence-electron chi connectivity index (χ4n) is 2.72. The predicted octanol–water partition coefficient (Wildman–Crippen LogP) is 3.88. The molecule has 3 aromatic rings. The van der Waals surface area contributed by atoms with Crippen LogP contribution in [0, 0.1) is 12.7 Å². The Morgan fingerprint density at radius 1 is 1.13 bits per heavy atom. The number of nitrogens with one attached hydrogen (secondary N) is 1. The Morgan fingerprint density at radius 2 is 1.74 bits per heavy atom. The van der Waals surface area contributed by atoms with Crippen LogP contribution < -0.4 is 5.32 Å². The Balaban J connectivity index is 1.74. The Kier molecular flexibility index (Phi) is 6.59. The lowest BCUT2D eigenvalue weighted by Crippen LogP contribution is -2.22. The van der Waals surface area contributed by atoms with Gasteiger partial charge in [-0.25, -0.2) is 21.8 Å². The first-order valence-electron chi connectivity index (χ1n) is 9.12. The normalized spacial score (nSPS) is 11.9. The number of amides is 1. The van der Waals surface area contributed by atoms with Crippen molar-refractivity contribution in [2.75, 3.05) is 19.4 Å². The summed E-state index contributed by atoms with van der Waals surface area (Å²) in [6.07, 6.45) is 2.83. The Bertz CT molecular complexity index is 1230. The van der Waals surface area contributed by atoms with E-state index in [0.717, 1.165) is 4.31 Å². The second-order valence-corrected chi connectivity index (χ2v) is 9.32. The third-order valence-corrected chi connectivity index (χ3v) is 6.61. The average Bonchev–Trinajstić information content (AvgIpc) is 3.01. The van der Waals surface area contributed by atoms with E-state index in [1.54, 1.807) is 19.1 Å². The lowest BCUT2D eigenvalue weighted by Gasteiger charge is -2.11. The van der Waals surface area contributed by atoms with Crippen molar-refractivity contribution in [3.63, 3.8) is 0 Å². The molecule has 0 aliphatic rings. The lowest BCUT2D eigenvalue weighted by atomic mass is 10.2. The fourth-order valence-corrected chi connectivity index (χ4v) is 3.95. The molecule has 0 atom stereocenters. The van der Waals surface area contributed by atoms with Gasteiger partial charge in [0.25, 0.3) is 0 Å². The molecule has 0 fully saturated rings. The van der Waals surface area contributed by atoms with Gasteiger partial charge in [-0.15, -0.1) is 0 Å². The van der Waals surface area contributed by atoms with Crippen LogP contribution in [0.1, 0.15) is 11.3 Å². The van der Waals surface area contributed by atoms with Gasteiger partial charge < -0.3 is 5.32 Å². The molecular formula is C21H20ClFN4O3S. The number of hydrogen-bond acceptors (Lipinski definition) is 4. The van der Waals surface area contributed by atoms with Crippen LogP contribution in [0.5, 0.6) is 0 Å². The number of hydrogen-bond donors (Lipinski definition) is 1. The average molecular weight is 463 g/mol. The van der Waals surface area contributed by atoms with Gasteiger partial charge in [-0.1, -0.05) is 11.6 Å². The zero-order valence-corrected chi connectivity index (χ0v) is 18.6. The number of anilines is 1. The molecule has 10 heteroatoms. The summed E-state index contributed by atoms with van der Waals surface area (Å²) in [6, 6.07) is 11.6. The number of carbonyl (C=O) groups is 1. The number of aryl methyl sites for hydroxylation is 1. The topological polar surface area (TPSA) is 84.3 Å². The van der Waals surface area contributed by atoms with Gasteiger partial charge in [-0.3, -0.25) is 4.79 Å². The minimum absolute atomic E-state index is 0.127. The van der Waals surface area contributed by atoms with Crippen molar-refractivity contribution in [3.8, 4) is 5.69 Å². The highest BCUT2D eigenvalue weighted by molar-refractivity contribution is 7.89. The van der Waals surface area contributed by atoms with Gasteiger partial charge in [0, 0.05) is 31.4 Å². The van der Waals surface area contributed by atoms with Crippen molar-refractivity contribution >= 4 is 39.3 Å². The van der Waals surface area contributed by atoms with E-state index in [9.17, 15) is 17.6 Å². The maximum absolute atomic E-state index is 13.1. The first-order chi connectivity index (χ1) is 14.6. The molecule has 162 valence electrons. The van der Waals surface area contributed by atoms with Crippen molar-refractivity contribution < 1.29 is 17.6 Å². The smallest absolute Gasteiger partial charge is 0.248 e. The SMILES string of the molecule is Cc1nn(-c2ccc(F)cc2)c(Cl)c1/C=C/C(=O)Nc1ccc(S(=O)(=O)N(C)C)cc1. The molecule has 3 rings (SSSR count). The van der Waals surface area contributed by atoms with Crippen LogP contribution >= 0.6 is 11.6 Å². The molecule has 0 aliphatic heterocycles. The van der Waals surface area contributed by atoms with Crippen molar-refractivity contribution in [2.45, 2.75) is 11.8 Å². The van der Waals surface area contributed by atoms with Crippen LogP contribution in [0.15, 0.2) is 59.5 Å². The summed E-state index contributed by atoms with van der Waals surface area (Å²) in [5.41, 5.74) is 2.17. The highest BCUT2D eigenvalue weighted by Crippen LogP contribution is 2.25. The second kappa shape index (κ2) is 9.01. The largest absolute Gasteiger partial charge is 0.323 e. The first kappa shape index (κ1) is 22.7. The maximum Gasteiger partial charge on any atom is 0.248 e. The molecule has 1 aromatic heterocycles. The third kappa shape index (κ3) is 5.01. The minimum Gasteiger partial charge on any atom is -0.323 e. The summed E-state index contributed by atoms with van der Waals surface area (Å²) in [4.78, 5) is 12.4. The van der Waals surface area contributed by atoms with E-state index in [2.05, 4.69) is 10.4 Å². The minimum atomic E-state index is -3.54. The Morgan fingerprint density at radius 3 is 2.32 bits per heavy atom. The zero-order valence-electron chi connectivity index (χ0n) is 17.0. The van der Waals surface area contributed by atoms with Crippen LogP contribution in [-0.4, -0.2) is 42.5 Å².